The summed E-state index contributed by atoms with van der Waals surface area (Å²) in [6.45, 7) is 3.06. The number of halogens is 1. The van der Waals surface area contributed by atoms with Crippen LogP contribution in [0.2, 0.25) is 0 Å². The molecule has 0 atom stereocenters. The van der Waals surface area contributed by atoms with Crippen molar-refractivity contribution < 1.29 is 21.5 Å². The molecule has 2 heteroatoms. The van der Waals surface area contributed by atoms with Gasteiger partial charge in [0.05, 0.1) is 0 Å². The predicted molar refractivity (Wildman–Crippen MR) is 74.4 cm³/mol. The maximum Gasteiger partial charge on any atom is 0.213 e. The quantitative estimate of drug-likeness (QED) is 0.606. The zero-order chi connectivity index (χ0) is 12.4. The average molecular weight is 314 g/mol. The van der Waals surface area contributed by atoms with E-state index in [1.54, 1.807) is 0 Å². The highest BCUT2D eigenvalue weighted by Crippen LogP contribution is 2.12. The maximum absolute atomic E-state index is 2.30. The lowest BCUT2D eigenvalue weighted by Crippen LogP contribution is -3.00. The van der Waals surface area contributed by atoms with Crippen LogP contribution in [0.5, 0.6) is 0 Å². The predicted octanol–water partition coefficient (Wildman–Crippen LogP) is 0.488. The van der Waals surface area contributed by atoms with Crippen LogP contribution >= 0.6 is 0 Å². The van der Waals surface area contributed by atoms with Crippen LogP contribution < -0.4 is 21.5 Å². The summed E-state index contributed by atoms with van der Waals surface area (Å²) in [4.78, 5) is 0. The number of pyridine rings is 1. The second kappa shape index (κ2) is 5.98. The second-order valence-corrected chi connectivity index (χ2v) is 4.68. The van der Waals surface area contributed by atoms with Crippen molar-refractivity contribution in [2.75, 3.05) is 0 Å². The summed E-state index contributed by atoms with van der Waals surface area (Å²) in [5.41, 5.74) is 3.92. The van der Waals surface area contributed by atoms with Crippen LogP contribution in [0.4, 0.5) is 0 Å². The highest BCUT2D eigenvalue weighted by Gasteiger charge is 2.08. The minimum Gasteiger partial charge on any atom is -1.00 e. The van der Waals surface area contributed by atoms with E-state index in [0.717, 1.165) is 6.54 Å². The van der Waals surface area contributed by atoms with Crippen molar-refractivity contribution in [3.63, 3.8) is 0 Å². The van der Waals surface area contributed by atoms with Gasteiger partial charge in [-0.3, -0.25) is 0 Å². The minimum absolute atomic E-state index is 0. The van der Waals surface area contributed by atoms with Gasteiger partial charge in [-0.2, -0.15) is 4.57 Å². The minimum atomic E-state index is 0. The fourth-order valence-electron chi connectivity index (χ4n) is 2.29. The Labute approximate surface area is 124 Å². The van der Waals surface area contributed by atoms with Crippen LogP contribution in [-0.2, 0) is 6.54 Å². The van der Waals surface area contributed by atoms with E-state index in [9.17, 15) is 0 Å². The van der Waals surface area contributed by atoms with Crippen LogP contribution in [0.1, 0.15) is 11.1 Å². The lowest BCUT2D eigenvalue weighted by Gasteiger charge is -2.02. The smallest absolute Gasteiger partial charge is 0.213 e. The Hall–Kier alpha value is -1.67. The normalized spacial score (nSPS) is 10.2. The van der Waals surface area contributed by atoms with Crippen molar-refractivity contribution in [1.82, 2.24) is 0 Å². The van der Waals surface area contributed by atoms with E-state index < -0.39 is 0 Å². The highest BCUT2D eigenvalue weighted by molar-refractivity contribution is 5.75. The highest BCUT2D eigenvalue weighted by atomic mass is 79.9. The average Bonchev–Trinajstić information content (AvgIpc) is 2.41. The molecule has 0 saturated carbocycles. The molecule has 0 bridgehead atoms. The molecule has 0 amide bonds. The molecule has 0 saturated heterocycles. The van der Waals surface area contributed by atoms with E-state index in [1.807, 2.05) is 0 Å². The number of rotatable bonds is 2. The Morgan fingerprint density at radius 2 is 1.68 bits per heavy atom. The third-order valence-corrected chi connectivity index (χ3v) is 3.23. The first kappa shape index (κ1) is 13.8. The largest absolute Gasteiger partial charge is 1.00 e. The Balaban J connectivity index is 0.00000133. The molecule has 3 rings (SSSR count). The third kappa shape index (κ3) is 3.02. The molecule has 0 unspecified atom stereocenters. The van der Waals surface area contributed by atoms with Gasteiger partial charge in [0, 0.05) is 23.1 Å². The summed E-state index contributed by atoms with van der Waals surface area (Å²) in [7, 11) is 0. The first-order chi connectivity index (χ1) is 8.83. The van der Waals surface area contributed by atoms with Crippen LogP contribution in [0.25, 0.3) is 10.9 Å². The van der Waals surface area contributed by atoms with Gasteiger partial charge in [0.2, 0.25) is 5.52 Å². The lowest BCUT2D eigenvalue weighted by molar-refractivity contribution is -0.662. The number of benzene rings is 2. The van der Waals surface area contributed by atoms with Gasteiger partial charge < -0.3 is 17.0 Å². The first-order valence-electron chi connectivity index (χ1n) is 6.26. The fraction of sp³-hybridized carbons (Fsp3) is 0.118. The summed E-state index contributed by atoms with van der Waals surface area (Å²) < 4.78 is 2.30. The monoisotopic (exact) mass is 313 g/mol. The van der Waals surface area contributed by atoms with E-state index in [1.165, 1.54) is 22.0 Å². The Morgan fingerprint density at radius 3 is 2.47 bits per heavy atom. The molecule has 2 aromatic carbocycles. The zero-order valence-electron chi connectivity index (χ0n) is 10.9. The van der Waals surface area contributed by atoms with Gasteiger partial charge in [-0.25, -0.2) is 0 Å². The molecule has 1 aromatic heterocycles. The van der Waals surface area contributed by atoms with Gasteiger partial charge >= 0.3 is 0 Å². The van der Waals surface area contributed by atoms with Gasteiger partial charge in [0.25, 0.3) is 0 Å². The molecule has 0 aliphatic carbocycles. The summed E-state index contributed by atoms with van der Waals surface area (Å²) in [6, 6.07) is 21.4. The second-order valence-electron chi connectivity index (χ2n) is 4.68. The number of aromatic nitrogens is 1. The molecule has 0 fully saturated rings. The third-order valence-electron chi connectivity index (χ3n) is 3.23. The molecule has 0 spiro atoms. The molecule has 3 aromatic rings. The van der Waals surface area contributed by atoms with E-state index in [4.69, 9.17) is 0 Å². The van der Waals surface area contributed by atoms with Crippen molar-refractivity contribution >= 4 is 10.9 Å². The van der Waals surface area contributed by atoms with Gasteiger partial charge in [-0.05, 0) is 24.6 Å². The number of hydrogen-bond donors (Lipinski definition) is 0. The summed E-state index contributed by atoms with van der Waals surface area (Å²) in [5, 5.41) is 1.29. The fourth-order valence-corrected chi connectivity index (χ4v) is 2.29. The van der Waals surface area contributed by atoms with Crippen molar-refractivity contribution in [3.05, 3.63) is 78.0 Å². The molecule has 1 heterocycles. The van der Waals surface area contributed by atoms with E-state index in [0.29, 0.717) is 0 Å². The van der Waals surface area contributed by atoms with Crippen molar-refractivity contribution in [2.24, 2.45) is 0 Å². The molecule has 96 valence electrons. The topological polar surface area (TPSA) is 3.88 Å². The van der Waals surface area contributed by atoms with E-state index in [-0.39, 0.29) is 17.0 Å². The molecule has 0 N–H and O–H groups in total. The van der Waals surface area contributed by atoms with E-state index in [2.05, 4.69) is 78.4 Å². The van der Waals surface area contributed by atoms with Crippen molar-refractivity contribution in [1.29, 1.82) is 0 Å². The summed E-state index contributed by atoms with van der Waals surface area (Å²) in [6.07, 6.45) is 2.15. The molecule has 1 nitrogen and oxygen atoms in total. The molecular weight excluding hydrogens is 298 g/mol. The lowest BCUT2D eigenvalue weighted by atomic mass is 10.1. The molecule has 19 heavy (non-hydrogen) atoms. The first-order valence-corrected chi connectivity index (χ1v) is 6.26. The van der Waals surface area contributed by atoms with E-state index >= 15 is 0 Å². The van der Waals surface area contributed by atoms with Crippen molar-refractivity contribution in [2.45, 2.75) is 13.5 Å². The Bertz CT molecular complexity index is 677. The van der Waals surface area contributed by atoms with Gasteiger partial charge in [0.1, 0.15) is 0 Å². The van der Waals surface area contributed by atoms with Crippen LogP contribution in [0.3, 0.4) is 0 Å². The molecule has 0 radical (unpaired) electrons. The molecular formula is C17H16BrN. The van der Waals surface area contributed by atoms with Gasteiger partial charge in [-0.15, -0.1) is 0 Å². The number of hydrogen-bond acceptors (Lipinski definition) is 0. The Morgan fingerprint density at radius 1 is 0.895 bits per heavy atom. The maximum atomic E-state index is 2.30. The summed E-state index contributed by atoms with van der Waals surface area (Å²) >= 11 is 0. The number of fused-ring (bicyclic) bond motifs is 1. The number of nitrogens with zero attached hydrogens (tertiary/aromatic N) is 1. The standard InChI is InChI=1S/C17H16N.BrH/c1-14-9-10-16-8-5-11-18(17(16)12-14)13-15-6-3-2-4-7-15;/h2-12H,13H2,1H3;1H/q+1;/p-1. The van der Waals surface area contributed by atoms with Gasteiger partial charge in [0.15, 0.2) is 12.7 Å². The zero-order valence-corrected chi connectivity index (χ0v) is 12.5. The molecule has 0 aliphatic heterocycles. The van der Waals surface area contributed by atoms with Crippen LogP contribution in [-0.4, -0.2) is 0 Å². The molecule has 0 aliphatic rings. The van der Waals surface area contributed by atoms with Crippen molar-refractivity contribution in [3.8, 4) is 0 Å². The SMILES string of the molecule is Cc1ccc2ccc[n+](Cc3ccccc3)c2c1.[Br-]. The number of aryl methyl sites for hydroxylation is 1. The summed E-state index contributed by atoms with van der Waals surface area (Å²) in [5.74, 6) is 0. The van der Waals surface area contributed by atoms with Gasteiger partial charge in [-0.1, -0.05) is 36.4 Å². The van der Waals surface area contributed by atoms with Crippen LogP contribution in [0.15, 0.2) is 66.9 Å². The van der Waals surface area contributed by atoms with Crippen LogP contribution in [0, 0.1) is 6.92 Å². The Kier molecular flexibility index (Phi) is 4.33.